The van der Waals surface area contributed by atoms with E-state index in [0.717, 1.165) is 5.69 Å². The van der Waals surface area contributed by atoms with E-state index in [1.807, 2.05) is 30.3 Å². The molecule has 5 heteroatoms. The van der Waals surface area contributed by atoms with Crippen LogP contribution in [0.3, 0.4) is 0 Å². The third-order valence-electron chi connectivity index (χ3n) is 2.57. The van der Waals surface area contributed by atoms with Crippen molar-refractivity contribution < 1.29 is 9.59 Å². The number of amides is 2. The summed E-state index contributed by atoms with van der Waals surface area (Å²) < 4.78 is 0. The molecule has 0 aromatic heterocycles. The first kappa shape index (κ1) is 11.4. The fraction of sp³-hybridized carbons (Fsp3) is 0.333. The molecule has 2 rings (SSSR count). The van der Waals surface area contributed by atoms with Crippen LogP contribution in [0.25, 0.3) is 0 Å². The predicted molar refractivity (Wildman–Crippen MR) is 64.5 cm³/mol. The Kier molecular flexibility index (Phi) is 3.59. The Morgan fingerprint density at radius 3 is 2.76 bits per heavy atom. The molecule has 1 aliphatic heterocycles. The molecule has 0 aliphatic carbocycles. The van der Waals surface area contributed by atoms with E-state index in [-0.39, 0.29) is 24.4 Å². The second kappa shape index (κ2) is 5.34. The van der Waals surface area contributed by atoms with Gasteiger partial charge in [0.1, 0.15) is 0 Å². The lowest BCUT2D eigenvalue weighted by Crippen LogP contribution is -2.39. The number of hydrogen-bond donors (Lipinski definition) is 3. The normalized spacial score (nSPS) is 18.6. The number of para-hydroxylation sites is 1. The van der Waals surface area contributed by atoms with Crippen LogP contribution in [0.2, 0.25) is 0 Å². The number of anilines is 1. The minimum Gasteiger partial charge on any atom is -0.376 e. The molecule has 1 aliphatic rings. The van der Waals surface area contributed by atoms with Gasteiger partial charge in [-0.1, -0.05) is 18.2 Å². The Labute approximate surface area is 99.6 Å². The van der Waals surface area contributed by atoms with Crippen molar-refractivity contribution in [3.05, 3.63) is 30.3 Å². The van der Waals surface area contributed by atoms with Crippen molar-refractivity contribution in [2.24, 2.45) is 0 Å². The number of hydrogen-bond acceptors (Lipinski definition) is 3. The van der Waals surface area contributed by atoms with Crippen molar-refractivity contribution >= 4 is 17.5 Å². The minimum absolute atomic E-state index is 0.00804. The molecule has 0 spiro atoms. The molecular formula is C12H15N3O2. The maximum absolute atomic E-state index is 11.6. The van der Waals surface area contributed by atoms with Crippen LogP contribution in [0.15, 0.2) is 30.3 Å². The molecule has 2 amide bonds. The molecule has 1 atom stereocenters. The van der Waals surface area contributed by atoms with Gasteiger partial charge in [0.05, 0.1) is 12.6 Å². The van der Waals surface area contributed by atoms with E-state index in [1.54, 1.807) is 0 Å². The zero-order valence-electron chi connectivity index (χ0n) is 9.40. The van der Waals surface area contributed by atoms with Gasteiger partial charge in [-0.25, -0.2) is 0 Å². The first-order valence-corrected chi connectivity index (χ1v) is 5.59. The lowest BCUT2D eigenvalue weighted by molar-refractivity contribution is -0.120. The van der Waals surface area contributed by atoms with Crippen LogP contribution in [0.1, 0.15) is 6.42 Å². The zero-order chi connectivity index (χ0) is 12.1. The van der Waals surface area contributed by atoms with Gasteiger partial charge < -0.3 is 16.0 Å². The molecule has 0 saturated carbocycles. The van der Waals surface area contributed by atoms with Gasteiger partial charge in [0, 0.05) is 18.7 Å². The SMILES string of the molecule is O=C1CC(NC(=O)CNc2ccccc2)CN1. The Morgan fingerprint density at radius 1 is 1.35 bits per heavy atom. The van der Waals surface area contributed by atoms with Gasteiger partial charge in [0.2, 0.25) is 11.8 Å². The summed E-state index contributed by atoms with van der Waals surface area (Å²) in [6.07, 6.45) is 0.372. The quantitative estimate of drug-likeness (QED) is 0.691. The fourth-order valence-electron chi connectivity index (χ4n) is 1.72. The number of rotatable bonds is 4. The van der Waals surface area contributed by atoms with Gasteiger partial charge in [-0.15, -0.1) is 0 Å². The van der Waals surface area contributed by atoms with E-state index < -0.39 is 0 Å². The maximum Gasteiger partial charge on any atom is 0.239 e. The highest BCUT2D eigenvalue weighted by Crippen LogP contribution is 2.04. The van der Waals surface area contributed by atoms with Gasteiger partial charge in [-0.3, -0.25) is 9.59 Å². The molecule has 0 radical (unpaired) electrons. The average Bonchev–Trinajstić information content (AvgIpc) is 2.73. The van der Waals surface area contributed by atoms with Gasteiger partial charge in [-0.05, 0) is 12.1 Å². The number of carbonyl (C=O) groups is 2. The van der Waals surface area contributed by atoms with E-state index in [0.29, 0.717) is 13.0 Å². The summed E-state index contributed by atoms with van der Waals surface area (Å²) in [5.41, 5.74) is 0.906. The van der Waals surface area contributed by atoms with Crippen molar-refractivity contribution in [1.29, 1.82) is 0 Å². The Hall–Kier alpha value is -2.04. The van der Waals surface area contributed by atoms with E-state index in [1.165, 1.54) is 0 Å². The van der Waals surface area contributed by atoms with Crippen LogP contribution in [-0.4, -0.2) is 30.9 Å². The molecular weight excluding hydrogens is 218 g/mol. The van der Waals surface area contributed by atoms with Gasteiger partial charge in [-0.2, -0.15) is 0 Å². The van der Waals surface area contributed by atoms with Crippen molar-refractivity contribution in [3.63, 3.8) is 0 Å². The summed E-state index contributed by atoms with van der Waals surface area (Å²) >= 11 is 0. The summed E-state index contributed by atoms with van der Waals surface area (Å²) in [4.78, 5) is 22.5. The van der Waals surface area contributed by atoms with Crippen molar-refractivity contribution in [2.45, 2.75) is 12.5 Å². The molecule has 1 aromatic carbocycles. The van der Waals surface area contributed by atoms with E-state index in [2.05, 4.69) is 16.0 Å². The molecule has 3 N–H and O–H groups in total. The molecule has 1 aromatic rings. The second-order valence-corrected chi connectivity index (χ2v) is 3.99. The first-order chi connectivity index (χ1) is 8.24. The van der Waals surface area contributed by atoms with Crippen LogP contribution in [0, 0.1) is 0 Å². The maximum atomic E-state index is 11.6. The minimum atomic E-state index is -0.102. The standard InChI is InChI=1S/C12H15N3O2/c16-11-6-10(7-14-11)15-12(17)8-13-9-4-2-1-3-5-9/h1-5,10,13H,6-8H2,(H,14,16)(H,15,17). The van der Waals surface area contributed by atoms with Crippen molar-refractivity contribution in [1.82, 2.24) is 10.6 Å². The highest BCUT2D eigenvalue weighted by Gasteiger charge is 2.22. The number of benzene rings is 1. The van der Waals surface area contributed by atoms with Crippen LogP contribution in [0.5, 0.6) is 0 Å². The van der Waals surface area contributed by atoms with Crippen molar-refractivity contribution in [2.75, 3.05) is 18.4 Å². The highest BCUT2D eigenvalue weighted by atomic mass is 16.2. The molecule has 90 valence electrons. The van der Waals surface area contributed by atoms with Gasteiger partial charge in [0.25, 0.3) is 0 Å². The van der Waals surface area contributed by atoms with Crippen LogP contribution < -0.4 is 16.0 Å². The predicted octanol–water partition coefficient (Wildman–Crippen LogP) is 0.103. The average molecular weight is 233 g/mol. The lowest BCUT2D eigenvalue weighted by atomic mass is 10.2. The monoisotopic (exact) mass is 233 g/mol. The first-order valence-electron chi connectivity index (χ1n) is 5.59. The van der Waals surface area contributed by atoms with E-state index in [4.69, 9.17) is 0 Å². The summed E-state index contributed by atoms with van der Waals surface area (Å²) in [7, 11) is 0. The Balaban J connectivity index is 1.73. The molecule has 1 fully saturated rings. The molecule has 1 saturated heterocycles. The fourth-order valence-corrected chi connectivity index (χ4v) is 1.72. The highest BCUT2D eigenvalue weighted by molar-refractivity contribution is 5.84. The largest absolute Gasteiger partial charge is 0.376 e. The Bertz CT molecular complexity index is 405. The lowest BCUT2D eigenvalue weighted by Gasteiger charge is -2.11. The molecule has 17 heavy (non-hydrogen) atoms. The third kappa shape index (κ3) is 3.48. The molecule has 1 heterocycles. The summed E-state index contributed by atoms with van der Waals surface area (Å²) in [5, 5.41) is 8.48. The Morgan fingerprint density at radius 2 is 2.12 bits per heavy atom. The molecule has 1 unspecified atom stereocenters. The second-order valence-electron chi connectivity index (χ2n) is 3.99. The van der Waals surface area contributed by atoms with E-state index >= 15 is 0 Å². The van der Waals surface area contributed by atoms with Crippen LogP contribution in [-0.2, 0) is 9.59 Å². The topological polar surface area (TPSA) is 70.2 Å². The van der Waals surface area contributed by atoms with Crippen LogP contribution in [0.4, 0.5) is 5.69 Å². The van der Waals surface area contributed by atoms with Gasteiger partial charge >= 0.3 is 0 Å². The molecule has 0 bridgehead atoms. The van der Waals surface area contributed by atoms with Gasteiger partial charge in [0.15, 0.2) is 0 Å². The number of carbonyl (C=O) groups excluding carboxylic acids is 2. The van der Waals surface area contributed by atoms with Crippen molar-refractivity contribution in [3.8, 4) is 0 Å². The third-order valence-corrected chi connectivity index (χ3v) is 2.57. The van der Waals surface area contributed by atoms with Crippen LogP contribution >= 0.6 is 0 Å². The smallest absolute Gasteiger partial charge is 0.239 e. The summed E-state index contributed by atoms with van der Waals surface area (Å²) in [5.74, 6) is -0.110. The summed E-state index contributed by atoms with van der Waals surface area (Å²) in [6.45, 7) is 0.741. The number of nitrogens with one attached hydrogen (secondary N) is 3. The summed E-state index contributed by atoms with van der Waals surface area (Å²) in [6, 6.07) is 9.44. The van der Waals surface area contributed by atoms with E-state index in [9.17, 15) is 9.59 Å². The zero-order valence-corrected chi connectivity index (χ0v) is 9.40. The molecule has 5 nitrogen and oxygen atoms in total.